The Hall–Kier alpha value is -1.32. The van der Waals surface area contributed by atoms with Gasteiger partial charge in [-0.25, -0.2) is 9.97 Å². The molecule has 2 N–H and O–H groups in total. The summed E-state index contributed by atoms with van der Waals surface area (Å²) < 4.78 is 0. The van der Waals surface area contributed by atoms with E-state index in [2.05, 4.69) is 28.7 Å². The third-order valence-corrected chi connectivity index (χ3v) is 2.40. The van der Waals surface area contributed by atoms with E-state index in [9.17, 15) is 0 Å². The van der Waals surface area contributed by atoms with Crippen LogP contribution < -0.4 is 10.6 Å². The fourth-order valence-electron chi connectivity index (χ4n) is 1.39. The molecule has 0 aromatic carbocycles. The number of hydrogen-bond donors (Lipinski definition) is 1. The van der Waals surface area contributed by atoms with Crippen molar-refractivity contribution in [2.45, 2.75) is 32.7 Å². The molecule has 0 aliphatic carbocycles. The summed E-state index contributed by atoms with van der Waals surface area (Å²) in [6.45, 7) is 4.36. The monoisotopic (exact) mass is 194 g/mol. The zero-order valence-electron chi connectivity index (χ0n) is 9.07. The van der Waals surface area contributed by atoms with E-state index in [-0.39, 0.29) is 0 Å². The molecule has 1 unspecified atom stereocenters. The third-order valence-electron chi connectivity index (χ3n) is 2.40. The minimum atomic E-state index is 0.481. The Balaban J connectivity index is 2.73. The molecular weight excluding hydrogens is 176 g/mol. The molecule has 14 heavy (non-hydrogen) atoms. The lowest BCUT2D eigenvalue weighted by molar-refractivity contribution is 0.611. The van der Waals surface area contributed by atoms with E-state index in [4.69, 9.17) is 5.73 Å². The average molecular weight is 194 g/mol. The number of hydrogen-bond acceptors (Lipinski definition) is 4. The average Bonchev–Trinajstić information content (AvgIpc) is 2.17. The van der Waals surface area contributed by atoms with Crippen molar-refractivity contribution in [3.8, 4) is 0 Å². The highest BCUT2D eigenvalue weighted by Crippen LogP contribution is 2.15. The van der Waals surface area contributed by atoms with E-state index in [1.807, 2.05) is 7.05 Å². The number of nitrogen functional groups attached to an aromatic ring is 1. The predicted octanol–water partition coefficient (Wildman–Crippen LogP) is 1.68. The molecule has 4 nitrogen and oxygen atoms in total. The lowest BCUT2D eigenvalue weighted by Gasteiger charge is -2.25. The van der Waals surface area contributed by atoms with E-state index in [1.54, 1.807) is 6.07 Å². The Labute approximate surface area is 85.2 Å². The Morgan fingerprint density at radius 1 is 1.50 bits per heavy atom. The second kappa shape index (κ2) is 4.79. The number of nitrogens with zero attached hydrogens (tertiary/aromatic N) is 3. The molecule has 1 atom stereocenters. The van der Waals surface area contributed by atoms with Gasteiger partial charge in [0.2, 0.25) is 0 Å². The maximum Gasteiger partial charge on any atom is 0.134 e. The van der Waals surface area contributed by atoms with Gasteiger partial charge in [0.05, 0.1) is 0 Å². The van der Waals surface area contributed by atoms with Crippen LogP contribution in [0.1, 0.15) is 26.7 Å². The van der Waals surface area contributed by atoms with Crippen LogP contribution in [-0.4, -0.2) is 23.1 Å². The fraction of sp³-hybridized carbons (Fsp3) is 0.600. The van der Waals surface area contributed by atoms with E-state index >= 15 is 0 Å². The highest BCUT2D eigenvalue weighted by molar-refractivity contribution is 5.45. The molecular formula is C10H18N4. The summed E-state index contributed by atoms with van der Waals surface area (Å²) in [4.78, 5) is 10.2. The largest absolute Gasteiger partial charge is 0.384 e. The van der Waals surface area contributed by atoms with Crippen molar-refractivity contribution in [3.63, 3.8) is 0 Å². The first-order valence-electron chi connectivity index (χ1n) is 4.95. The van der Waals surface area contributed by atoms with Crippen molar-refractivity contribution in [2.24, 2.45) is 0 Å². The first-order valence-corrected chi connectivity index (χ1v) is 4.95. The van der Waals surface area contributed by atoms with Crippen LogP contribution in [0.2, 0.25) is 0 Å². The van der Waals surface area contributed by atoms with Crippen LogP contribution in [0.3, 0.4) is 0 Å². The summed E-state index contributed by atoms with van der Waals surface area (Å²) in [7, 11) is 2.03. The summed E-state index contributed by atoms with van der Waals surface area (Å²) >= 11 is 0. The Morgan fingerprint density at radius 2 is 2.21 bits per heavy atom. The quantitative estimate of drug-likeness (QED) is 0.792. The van der Waals surface area contributed by atoms with Crippen molar-refractivity contribution < 1.29 is 0 Å². The molecule has 0 spiro atoms. The Kier molecular flexibility index (Phi) is 3.68. The summed E-state index contributed by atoms with van der Waals surface area (Å²) in [5, 5.41) is 0. The smallest absolute Gasteiger partial charge is 0.134 e. The predicted molar refractivity (Wildman–Crippen MR) is 59.2 cm³/mol. The van der Waals surface area contributed by atoms with Crippen LogP contribution >= 0.6 is 0 Å². The van der Waals surface area contributed by atoms with Crippen molar-refractivity contribution in [1.29, 1.82) is 0 Å². The van der Waals surface area contributed by atoms with Gasteiger partial charge in [-0.2, -0.15) is 0 Å². The van der Waals surface area contributed by atoms with Crippen LogP contribution in [0.5, 0.6) is 0 Å². The molecule has 4 heteroatoms. The second-order valence-electron chi connectivity index (χ2n) is 3.55. The molecule has 1 heterocycles. The van der Waals surface area contributed by atoms with Gasteiger partial charge >= 0.3 is 0 Å². The van der Waals surface area contributed by atoms with Crippen LogP contribution in [0.4, 0.5) is 11.6 Å². The van der Waals surface area contributed by atoms with Gasteiger partial charge in [0.15, 0.2) is 0 Å². The lowest BCUT2D eigenvalue weighted by atomic mass is 10.2. The molecule has 0 aliphatic rings. The van der Waals surface area contributed by atoms with E-state index in [0.29, 0.717) is 11.9 Å². The standard InChI is InChI=1S/C10H18N4/c1-4-5-8(2)14(3)10-6-9(11)12-7-13-10/h6-8H,4-5H2,1-3H3,(H2,11,12,13). The van der Waals surface area contributed by atoms with Crippen molar-refractivity contribution >= 4 is 11.6 Å². The van der Waals surface area contributed by atoms with Crippen molar-refractivity contribution in [3.05, 3.63) is 12.4 Å². The molecule has 1 rings (SSSR count). The van der Waals surface area contributed by atoms with Crippen molar-refractivity contribution in [1.82, 2.24) is 9.97 Å². The molecule has 0 amide bonds. The first kappa shape index (κ1) is 10.8. The second-order valence-corrected chi connectivity index (χ2v) is 3.55. The molecule has 0 fully saturated rings. The molecule has 78 valence electrons. The van der Waals surface area contributed by atoms with E-state index < -0.39 is 0 Å². The highest BCUT2D eigenvalue weighted by Gasteiger charge is 2.10. The van der Waals surface area contributed by atoms with Gasteiger partial charge < -0.3 is 10.6 Å². The third kappa shape index (κ3) is 2.58. The number of anilines is 2. The molecule has 0 bridgehead atoms. The summed E-state index contributed by atoms with van der Waals surface area (Å²) in [5.74, 6) is 1.41. The van der Waals surface area contributed by atoms with Crippen molar-refractivity contribution in [2.75, 3.05) is 17.7 Å². The van der Waals surface area contributed by atoms with Gasteiger partial charge in [-0.05, 0) is 13.3 Å². The maximum atomic E-state index is 5.59. The van der Waals surface area contributed by atoms with Crippen LogP contribution in [0.25, 0.3) is 0 Å². The van der Waals surface area contributed by atoms with Gasteiger partial charge in [-0.1, -0.05) is 13.3 Å². The van der Waals surface area contributed by atoms with Crippen LogP contribution in [0, 0.1) is 0 Å². The lowest BCUT2D eigenvalue weighted by Crippen LogP contribution is -2.29. The summed E-state index contributed by atoms with van der Waals surface area (Å²) in [6, 6.07) is 2.28. The number of rotatable bonds is 4. The fourth-order valence-corrected chi connectivity index (χ4v) is 1.39. The zero-order valence-corrected chi connectivity index (χ0v) is 9.07. The number of aromatic nitrogens is 2. The zero-order chi connectivity index (χ0) is 10.6. The number of nitrogens with two attached hydrogens (primary N) is 1. The van der Waals surface area contributed by atoms with E-state index in [0.717, 1.165) is 12.2 Å². The Bertz CT molecular complexity index is 287. The molecule has 1 aromatic rings. The molecule has 1 aromatic heterocycles. The molecule has 0 aliphatic heterocycles. The van der Waals surface area contributed by atoms with Gasteiger partial charge in [0, 0.05) is 19.2 Å². The minimum absolute atomic E-state index is 0.481. The topological polar surface area (TPSA) is 55.0 Å². The SMILES string of the molecule is CCCC(C)N(C)c1cc(N)ncn1. The van der Waals surface area contributed by atoms with Crippen LogP contribution in [0.15, 0.2) is 12.4 Å². The minimum Gasteiger partial charge on any atom is -0.384 e. The van der Waals surface area contributed by atoms with Gasteiger partial charge in [-0.3, -0.25) is 0 Å². The highest BCUT2D eigenvalue weighted by atomic mass is 15.2. The molecule has 0 radical (unpaired) electrons. The maximum absolute atomic E-state index is 5.59. The van der Waals surface area contributed by atoms with Gasteiger partial charge in [0.1, 0.15) is 18.0 Å². The molecule has 0 saturated heterocycles. The summed E-state index contributed by atoms with van der Waals surface area (Å²) in [5.41, 5.74) is 5.59. The Morgan fingerprint density at radius 3 is 2.79 bits per heavy atom. The van der Waals surface area contributed by atoms with Crippen LogP contribution in [-0.2, 0) is 0 Å². The van der Waals surface area contributed by atoms with Gasteiger partial charge in [0.25, 0.3) is 0 Å². The van der Waals surface area contributed by atoms with Gasteiger partial charge in [-0.15, -0.1) is 0 Å². The normalized spacial score (nSPS) is 12.5. The first-order chi connectivity index (χ1) is 6.65. The molecule has 0 saturated carbocycles. The van der Waals surface area contributed by atoms with E-state index in [1.165, 1.54) is 12.7 Å². The summed E-state index contributed by atoms with van der Waals surface area (Å²) in [6.07, 6.45) is 3.83.